The molecule has 8 heteroatoms. The number of halogens is 2. The third kappa shape index (κ3) is 4.22. The van der Waals surface area contributed by atoms with Gasteiger partial charge in [0.25, 0.3) is 10.0 Å². The van der Waals surface area contributed by atoms with E-state index in [4.69, 9.17) is 16.3 Å². The van der Waals surface area contributed by atoms with Crippen LogP contribution >= 0.6 is 27.5 Å². The van der Waals surface area contributed by atoms with Crippen molar-refractivity contribution in [2.24, 2.45) is 5.10 Å². The lowest BCUT2D eigenvalue weighted by Crippen LogP contribution is -2.19. The smallest absolute Gasteiger partial charge is 0.280 e. The van der Waals surface area contributed by atoms with Crippen LogP contribution in [0.1, 0.15) is 5.56 Å². The van der Waals surface area contributed by atoms with E-state index in [1.54, 1.807) is 18.2 Å². The molecule has 0 fully saturated rings. The second-order valence-corrected chi connectivity index (χ2v) is 7.18. The summed E-state index contributed by atoms with van der Waals surface area (Å²) in [6.45, 7) is 0. The fourth-order valence-corrected chi connectivity index (χ4v) is 3.12. The monoisotopic (exact) mass is 402 g/mol. The van der Waals surface area contributed by atoms with Gasteiger partial charge in [-0.25, -0.2) is 0 Å². The van der Waals surface area contributed by atoms with Crippen LogP contribution in [0.3, 0.4) is 0 Å². The van der Waals surface area contributed by atoms with Crippen molar-refractivity contribution in [1.29, 1.82) is 0 Å². The van der Waals surface area contributed by atoms with Crippen molar-refractivity contribution in [2.45, 2.75) is 4.90 Å². The van der Waals surface area contributed by atoms with Gasteiger partial charge in [0.1, 0.15) is 10.6 Å². The van der Waals surface area contributed by atoms with Crippen LogP contribution in [0.2, 0.25) is 5.02 Å². The van der Waals surface area contributed by atoms with E-state index in [1.807, 2.05) is 12.1 Å². The fourth-order valence-electron chi connectivity index (χ4n) is 1.63. The number of hydrogen-bond acceptors (Lipinski definition) is 4. The predicted octanol–water partition coefficient (Wildman–Crippen LogP) is 3.42. The van der Waals surface area contributed by atoms with E-state index >= 15 is 0 Å². The molecule has 0 aliphatic rings. The molecule has 0 saturated carbocycles. The molecule has 0 heterocycles. The molecule has 22 heavy (non-hydrogen) atoms. The Morgan fingerprint density at radius 3 is 2.55 bits per heavy atom. The Hall–Kier alpha value is -1.57. The third-order valence-corrected chi connectivity index (χ3v) is 4.68. The van der Waals surface area contributed by atoms with Gasteiger partial charge in [-0.1, -0.05) is 39.7 Å². The molecular weight excluding hydrogens is 392 g/mol. The second kappa shape index (κ2) is 7.13. The lowest BCUT2D eigenvalue weighted by molar-refractivity contribution is 0.402. The first-order valence-corrected chi connectivity index (χ1v) is 8.72. The number of nitrogens with zero attached hydrogens (tertiary/aromatic N) is 1. The van der Waals surface area contributed by atoms with Gasteiger partial charge in [-0.3, -0.25) is 0 Å². The van der Waals surface area contributed by atoms with Crippen LogP contribution in [0.5, 0.6) is 5.75 Å². The number of hydrogen-bond donors (Lipinski definition) is 1. The van der Waals surface area contributed by atoms with Crippen LogP contribution in [0.15, 0.2) is 56.9 Å². The summed E-state index contributed by atoms with van der Waals surface area (Å²) < 4.78 is 30.4. The quantitative estimate of drug-likeness (QED) is 0.614. The number of benzene rings is 2. The highest BCUT2D eigenvalue weighted by Crippen LogP contribution is 2.26. The van der Waals surface area contributed by atoms with Crippen molar-refractivity contribution < 1.29 is 13.2 Å². The zero-order valence-electron chi connectivity index (χ0n) is 11.5. The maximum Gasteiger partial charge on any atom is 0.280 e. The summed E-state index contributed by atoms with van der Waals surface area (Å²) in [5, 5.41) is 4.04. The van der Waals surface area contributed by atoms with Crippen molar-refractivity contribution in [3.63, 3.8) is 0 Å². The molecule has 0 amide bonds. The van der Waals surface area contributed by atoms with Crippen molar-refractivity contribution in [1.82, 2.24) is 4.83 Å². The Balaban J connectivity index is 2.21. The molecule has 5 nitrogen and oxygen atoms in total. The fraction of sp³-hybridized carbons (Fsp3) is 0.0714. The van der Waals surface area contributed by atoms with Gasteiger partial charge < -0.3 is 4.74 Å². The Morgan fingerprint density at radius 1 is 1.23 bits per heavy atom. The summed E-state index contributed by atoms with van der Waals surface area (Å²) >= 11 is 9.15. The summed E-state index contributed by atoms with van der Waals surface area (Å²) in [6.07, 6.45) is 1.40. The Kier molecular flexibility index (Phi) is 5.44. The standard InChI is InChI=1S/C14H12BrClN2O3S/c1-21-13-7-6-12(16)8-14(13)22(19,20)18-17-9-10-2-4-11(15)5-3-10/h2-9,18H,1H3/b17-9+. The van der Waals surface area contributed by atoms with Gasteiger partial charge in [0.05, 0.1) is 13.3 Å². The maximum absolute atomic E-state index is 12.2. The normalized spacial score (nSPS) is 11.6. The summed E-state index contributed by atoms with van der Waals surface area (Å²) in [5.74, 6) is 0.191. The van der Waals surface area contributed by atoms with Gasteiger partial charge in [0, 0.05) is 9.50 Å². The zero-order chi connectivity index (χ0) is 16.2. The van der Waals surface area contributed by atoms with Crippen LogP contribution in [-0.2, 0) is 10.0 Å². The predicted molar refractivity (Wildman–Crippen MR) is 90.1 cm³/mol. The Morgan fingerprint density at radius 2 is 1.91 bits per heavy atom. The van der Waals surface area contributed by atoms with Crippen LogP contribution in [0.25, 0.3) is 0 Å². The van der Waals surface area contributed by atoms with Crippen LogP contribution in [0.4, 0.5) is 0 Å². The van der Waals surface area contributed by atoms with E-state index in [2.05, 4.69) is 25.9 Å². The third-order valence-electron chi connectivity index (χ3n) is 2.67. The highest BCUT2D eigenvalue weighted by atomic mass is 79.9. The Labute approximate surface area is 142 Å². The lowest BCUT2D eigenvalue weighted by atomic mass is 10.2. The van der Waals surface area contributed by atoms with Crippen LogP contribution in [0, 0.1) is 0 Å². The van der Waals surface area contributed by atoms with Crippen LogP contribution in [-0.4, -0.2) is 21.7 Å². The molecule has 0 aliphatic heterocycles. The summed E-state index contributed by atoms with van der Waals surface area (Å²) in [4.78, 5) is 2.06. The van der Waals surface area contributed by atoms with Gasteiger partial charge in [-0.05, 0) is 35.9 Å². The van der Waals surface area contributed by atoms with Crippen molar-refractivity contribution in [2.75, 3.05) is 7.11 Å². The molecule has 2 rings (SSSR count). The first-order chi connectivity index (χ1) is 10.4. The molecule has 0 spiro atoms. The molecule has 2 aromatic carbocycles. The number of rotatable bonds is 5. The first kappa shape index (κ1) is 16.8. The van der Waals surface area contributed by atoms with E-state index in [0.29, 0.717) is 0 Å². The molecule has 0 bridgehead atoms. The van der Waals surface area contributed by atoms with E-state index in [1.165, 1.54) is 25.5 Å². The molecule has 1 N–H and O–H groups in total. The number of sulfonamides is 1. The molecule has 0 aromatic heterocycles. The second-order valence-electron chi connectivity index (χ2n) is 4.20. The van der Waals surface area contributed by atoms with Gasteiger partial charge in [0.15, 0.2) is 0 Å². The zero-order valence-corrected chi connectivity index (χ0v) is 14.6. The molecule has 0 radical (unpaired) electrons. The van der Waals surface area contributed by atoms with E-state index in [0.717, 1.165) is 10.0 Å². The molecular formula is C14H12BrClN2O3S. The average Bonchev–Trinajstić information content (AvgIpc) is 2.49. The van der Waals surface area contributed by atoms with Gasteiger partial charge in [-0.2, -0.15) is 18.4 Å². The largest absolute Gasteiger partial charge is 0.495 e. The van der Waals surface area contributed by atoms with Gasteiger partial charge >= 0.3 is 0 Å². The van der Waals surface area contributed by atoms with Crippen molar-refractivity contribution in [3.8, 4) is 5.75 Å². The van der Waals surface area contributed by atoms with Crippen molar-refractivity contribution >= 4 is 43.8 Å². The Bertz CT molecular complexity index is 792. The molecule has 2 aromatic rings. The molecule has 0 atom stereocenters. The molecule has 116 valence electrons. The molecule has 0 unspecified atom stereocenters. The number of ether oxygens (including phenoxy) is 1. The summed E-state index contributed by atoms with van der Waals surface area (Å²) in [5.41, 5.74) is 0.754. The van der Waals surface area contributed by atoms with Gasteiger partial charge in [-0.15, -0.1) is 0 Å². The van der Waals surface area contributed by atoms with E-state index < -0.39 is 10.0 Å². The van der Waals surface area contributed by atoms with Crippen LogP contribution < -0.4 is 9.57 Å². The molecule has 0 saturated heterocycles. The lowest BCUT2D eigenvalue weighted by Gasteiger charge is -2.09. The number of nitrogens with one attached hydrogen (secondary N) is 1. The number of hydrazone groups is 1. The summed E-state index contributed by atoms with van der Waals surface area (Å²) in [7, 11) is -2.49. The first-order valence-electron chi connectivity index (χ1n) is 6.06. The highest BCUT2D eigenvalue weighted by Gasteiger charge is 2.19. The SMILES string of the molecule is COc1ccc(Cl)cc1S(=O)(=O)N/N=C/c1ccc(Br)cc1. The topological polar surface area (TPSA) is 67.8 Å². The highest BCUT2D eigenvalue weighted by molar-refractivity contribution is 9.10. The maximum atomic E-state index is 12.2. The molecule has 0 aliphatic carbocycles. The van der Waals surface area contributed by atoms with Crippen molar-refractivity contribution in [3.05, 3.63) is 57.5 Å². The minimum atomic E-state index is -3.87. The van der Waals surface area contributed by atoms with Gasteiger partial charge in [0.2, 0.25) is 0 Å². The minimum absolute atomic E-state index is 0.0737. The number of methoxy groups -OCH3 is 1. The summed E-state index contributed by atoms with van der Waals surface area (Å²) in [6, 6.07) is 11.6. The minimum Gasteiger partial charge on any atom is -0.495 e. The average molecular weight is 404 g/mol. The van der Waals surface area contributed by atoms with E-state index in [-0.39, 0.29) is 15.7 Å². The van der Waals surface area contributed by atoms with E-state index in [9.17, 15) is 8.42 Å².